The number of likely N-dealkylation sites (N-methyl/N-ethyl adjacent to an activating group) is 1. The van der Waals surface area contributed by atoms with E-state index in [0.29, 0.717) is 15.8 Å². The van der Waals surface area contributed by atoms with Crippen molar-refractivity contribution in [2.45, 2.75) is 6.10 Å². The summed E-state index contributed by atoms with van der Waals surface area (Å²) in [5, 5.41) is 9.60. The second-order valence-electron chi connectivity index (χ2n) is 3.90. The fourth-order valence-corrected chi connectivity index (χ4v) is 1.69. The lowest BCUT2D eigenvalue weighted by Gasteiger charge is -2.17. The van der Waals surface area contributed by atoms with Crippen molar-refractivity contribution in [3.8, 4) is 11.5 Å². The Morgan fingerprint density at radius 2 is 2.00 bits per heavy atom. The molecular weight excluding hydrogens is 274 g/mol. The van der Waals surface area contributed by atoms with Crippen LogP contribution in [0.4, 0.5) is 0 Å². The second kappa shape index (κ2) is 6.71. The van der Waals surface area contributed by atoms with Crippen LogP contribution >= 0.6 is 0 Å². The van der Waals surface area contributed by atoms with Crippen molar-refractivity contribution in [1.29, 1.82) is 0 Å². The molecule has 0 aromatic heterocycles. The Kier molecular flexibility index (Phi) is 5.55. The van der Waals surface area contributed by atoms with Crippen molar-refractivity contribution in [3.63, 3.8) is 0 Å². The molecule has 0 amide bonds. The van der Waals surface area contributed by atoms with Gasteiger partial charge in [-0.05, 0) is 12.1 Å². The Balaban J connectivity index is 2.48. The minimum atomic E-state index is -4.29. The van der Waals surface area contributed by atoms with E-state index >= 15 is 0 Å². The van der Waals surface area contributed by atoms with Gasteiger partial charge in [-0.2, -0.15) is 12.7 Å². The Hall–Kier alpha value is -1.35. The van der Waals surface area contributed by atoms with Crippen LogP contribution < -0.4 is 9.47 Å². The van der Waals surface area contributed by atoms with E-state index in [-0.39, 0.29) is 13.2 Å². The Labute approximate surface area is 112 Å². The number of hydrogen-bond acceptors (Lipinski definition) is 5. The first-order valence-corrected chi connectivity index (χ1v) is 6.86. The SMILES string of the molecule is COc1cccc(OC[C@H](O)CN(C)S(=O)(=O)O)c1. The van der Waals surface area contributed by atoms with Crippen molar-refractivity contribution in [3.05, 3.63) is 24.3 Å². The van der Waals surface area contributed by atoms with Crippen LogP contribution in [0.1, 0.15) is 0 Å². The molecule has 0 saturated carbocycles. The van der Waals surface area contributed by atoms with E-state index < -0.39 is 16.4 Å². The number of hydrogen-bond donors (Lipinski definition) is 2. The summed E-state index contributed by atoms with van der Waals surface area (Å²) in [5.41, 5.74) is 0. The molecule has 0 bridgehead atoms. The molecule has 108 valence electrons. The summed E-state index contributed by atoms with van der Waals surface area (Å²) >= 11 is 0. The minimum absolute atomic E-state index is 0.104. The van der Waals surface area contributed by atoms with Crippen LogP contribution in [0.3, 0.4) is 0 Å². The summed E-state index contributed by atoms with van der Waals surface area (Å²) in [6, 6.07) is 6.79. The van der Waals surface area contributed by atoms with Crippen LogP contribution in [0.2, 0.25) is 0 Å². The highest BCUT2D eigenvalue weighted by Gasteiger charge is 2.18. The van der Waals surface area contributed by atoms with E-state index in [1.54, 1.807) is 24.3 Å². The van der Waals surface area contributed by atoms with Gasteiger partial charge < -0.3 is 14.6 Å². The maximum absolute atomic E-state index is 10.7. The molecule has 2 N–H and O–H groups in total. The summed E-state index contributed by atoms with van der Waals surface area (Å²) in [6.45, 7) is -0.365. The van der Waals surface area contributed by atoms with E-state index in [9.17, 15) is 13.5 Å². The predicted molar refractivity (Wildman–Crippen MR) is 68.7 cm³/mol. The van der Waals surface area contributed by atoms with Crippen molar-refractivity contribution in [2.75, 3.05) is 27.3 Å². The molecule has 8 heteroatoms. The van der Waals surface area contributed by atoms with E-state index in [2.05, 4.69) is 0 Å². The van der Waals surface area contributed by atoms with E-state index in [1.807, 2.05) is 0 Å². The normalized spacial score (nSPS) is 13.3. The zero-order valence-electron chi connectivity index (χ0n) is 10.7. The number of benzene rings is 1. The topological polar surface area (TPSA) is 96.3 Å². The third kappa shape index (κ3) is 5.43. The molecule has 0 heterocycles. The molecule has 1 aromatic carbocycles. The van der Waals surface area contributed by atoms with Crippen LogP contribution in [0, 0.1) is 0 Å². The number of ether oxygens (including phenoxy) is 2. The third-order valence-electron chi connectivity index (χ3n) is 2.35. The fourth-order valence-electron chi connectivity index (χ4n) is 1.33. The smallest absolute Gasteiger partial charge is 0.335 e. The molecule has 0 fully saturated rings. The molecule has 0 aliphatic carbocycles. The summed E-state index contributed by atoms with van der Waals surface area (Å²) in [4.78, 5) is 0. The first-order valence-electron chi connectivity index (χ1n) is 5.46. The monoisotopic (exact) mass is 291 g/mol. The highest BCUT2D eigenvalue weighted by Crippen LogP contribution is 2.18. The molecule has 7 nitrogen and oxygen atoms in total. The lowest BCUT2D eigenvalue weighted by atomic mass is 10.3. The van der Waals surface area contributed by atoms with Gasteiger partial charge >= 0.3 is 10.3 Å². The average Bonchev–Trinajstić information content (AvgIpc) is 2.35. The van der Waals surface area contributed by atoms with Gasteiger partial charge in [0.2, 0.25) is 0 Å². The summed E-state index contributed by atoms with van der Waals surface area (Å²) in [7, 11) is -1.61. The number of rotatable bonds is 7. The summed E-state index contributed by atoms with van der Waals surface area (Å²) in [6.07, 6.45) is -1.06. The van der Waals surface area contributed by atoms with Gasteiger partial charge in [-0.1, -0.05) is 6.07 Å². The third-order valence-corrected chi connectivity index (χ3v) is 3.28. The summed E-state index contributed by atoms with van der Waals surface area (Å²) < 4.78 is 41.1. The predicted octanol–water partition coefficient (Wildman–Crippen LogP) is 0.170. The second-order valence-corrected chi connectivity index (χ2v) is 5.42. The zero-order chi connectivity index (χ0) is 14.5. The molecule has 0 aliphatic heterocycles. The first-order chi connectivity index (χ1) is 8.82. The van der Waals surface area contributed by atoms with Gasteiger partial charge in [0.05, 0.1) is 7.11 Å². The first kappa shape index (κ1) is 15.7. The van der Waals surface area contributed by atoms with Gasteiger partial charge in [0.25, 0.3) is 0 Å². The number of aliphatic hydroxyl groups excluding tert-OH is 1. The molecular formula is C11H17NO6S. The number of methoxy groups -OCH3 is 1. The Morgan fingerprint density at radius 3 is 2.58 bits per heavy atom. The number of nitrogens with zero attached hydrogens (tertiary/aromatic N) is 1. The lowest BCUT2D eigenvalue weighted by molar-refractivity contribution is 0.0917. The molecule has 0 spiro atoms. The number of aliphatic hydroxyl groups is 1. The van der Waals surface area contributed by atoms with Gasteiger partial charge in [-0.25, -0.2) is 0 Å². The highest BCUT2D eigenvalue weighted by molar-refractivity contribution is 7.83. The highest BCUT2D eigenvalue weighted by atomic mass is 32.2. The van der Waals surface area contributed by atoms with Gasteiger partial charge in [0.15, 0.2) is 0 Å². The molecule has 1 rings (SSSR count). The van der Waals surface area contributed by atoms with E-state index in [0.717, 1.165) is 7.05 Å². The van der Waals surface area contributed by atoms with Crippen LogP contribution in [0.25, 0.3) is 0 Å². The van der Waals surface area contributed by atoms with Crippen molar-refractivity contribution >= 4 is 10.3 Å². The van der Waals surface area contributed by atoms with Crippen LogP contribution in [-0.4, -0.2) is 55.8 Å². The lowest BCUT2D eigenvalue weighted by Crippen LogP contribution is -2.36. The Morgan fingerprint density at radius 1 is 1.37 bits per heavy atom. The largest absolute Gasteiger partial charge is 0.497 e. The fraction of sp³-hybridized carbons (Fsp3) is 0.455. The maximum atomic E-state index is 10.7. The summed E-state index contributed by atoms with van der Waals surface area (Å²) in [5.74, 6) is 1.11. The van der Waals surface area contributed by atoms with Crippen molar-refractivity contribution < 1.29 is 27.6 Å². The Bertz CT molecular complexity index is 504. The molecule has 0 saturated heterocycles. The van der Waals surface area contributed by atoms with Crippen LogP contribution in [0.15, 0.2) is 24.3 Å². The van der Waals surface area contributed by atoms with Gasteiger partial charge in [0, 0.05) is 19.7 Å². The van der Waals surface area contributed by atoms with Gasteiger partial charge in [0.1, 0.15) is 24.2 Å². The quantitative estimate of drug-likeness (QED) is 0.695. The molecule has 0 unspecified atom stereocenters. The molecule has 1 atom stereocenters. The van der Waals surface area contributed by atoms with Crippen LogP contribution in [0.5, 0.6) is 11.5 Å². The van der Waals surface area contributed by atoms with E-state index in [1.165, 1.54) is 7.11 Å². The molecule has 0 aliphatic rings. The average molecular weight is 291 g/mol. The van der Waals surface area contributed by atoms with Crippen molar-refractivity contribution in [1.82, 2.24) is 4.31 Å². The van der Waals surface area contributed by atoms with Gasteiger partial charge in [-0.3, -0.25) is 4.55 Å². The zero-order valence-corrected chi connectivity index (χ0v) is 11.5. The van der Waals surface area contributed by atoms with E-state index in [4.69, 9.17) is 14.0 Å². The standard InChI is InChI=1S/C11H17NO6S/c1-12(19(14,15)16)7-9(13)8-18-11-5-3-4-10(6-11)17-2/h3-6,9,13H,7-8H2,1-2H3,(H,14,15,16)/t9-/m1/s1. The maximum Gasteiger partial charge on any atom is 0.335 e. The molecule has 19 heavy (non-hydrogen) atoms. The van der Waals surface area contributed by atoms with Gasteiger partial charge in [-0.15, -0.1) is 0 Å². The molecule has 1 aromatic rings. The molecule has 0 radical (unpaired) electrons. The minimum Gasteiger partial charge on any atom is -0.497 e. The van der Waals surface area contributed by atoms with Crippen molar-refractivity contribution in [2.24, 2.45) is 0 Å². The van der Waals surface area contributed by atoms with Crippen LogP contribution in [-0.2, 0) is 10.3 Å².